The van der Waals surface area contributed by atoms with Crippen molar-refractivity contribution in [2.75, 3.05) is 12.4 Å². The molecule has 27 heavy (non-hydrogen) atoms. The van der Waals surface area contributed by atoms with Gasteiger partial charge in [0.05, 0.1) is 17.6 Å². The molecule has 0 fully saturated rings. The van der Waals surface area contributed by atoms with Crippen molar-refractivity contribution in [3.63, 3.8) is 0 Å². The van der Waals surface area contributed by atoms with Gasteiger partial charge < -0.3 is 19.2 Å². The van der Waals surface area contributed by atoms with Gasteiger partial charge in [-0.25, -0.2) is 9.59 Å². The van der Waals surface area contributed by atoms with Crippen LogP contribution >= 0.6 is 11.3 Å². The number of hydrogen-bond acceptors (Lipinski definition) is 7. The number of methoxy groups -OCH3 is 1. The largest absolute Gasteiger partial charge is 0.463 e. The van der Waals surface area contributed by atoms with Gasteiger partial charge in [-0.05, 0) is 41.8 Å². The van der Waals surface area contributed by atoms with Crippen molar-refractivity contribution in [2.45, 2.75) is 6.61 Å². The highest BCUT2D eigenvalue weighted by molar-refractivity contribution is 7.12. The van der Waals surface area contributed by atoms with Gasteiger partial charge in [-0.3, -0.25) is 4.79 Å². The second-order valence-corrected chi connectivity index (χ2v) is 6.29. The summed E-state index contributed by atoms with van der Waals surface area (Å²) in [6.45, 7) is -0.137. The number of carbonyl (C=O) groups excluding carboxylic acids is 3. The number of amides is 1. The molecule has 3 rings (SSSR count). The van der Waals surface area contributed by atoms with Gasteiger partial charge >= 0.3 is 11.9 Å². The molecule has 138 valence electrons. The SMILES string of the molecule is COC(=O)c1ccc(COC(=O)c2cccc(NC(=O)c3cccs3)c2)o1. The molecule has 1 amide bonds. The predicted octanol–water partition coefficient (Wildman–Crippen LogP) is 3.74. The first-order valence-electron chi connectivity index (χ1n) is 7.86. The second-order valence-electron chi connectivity index (χ2n) is 5.35. The van der Waals surface area contributed by atoms with Gasteiger partial charge in [0.15, 0.2) is 0 Å². The van der Waals surface area contributed by atoms with Gasteiger partial charge in [-0.1, -0.05) is 12.1 Å². The quantitative estimate of drug-likeness (QED) is 0.650. The Bertz CT molecular complexity index is 960. The van der Waals surface area contributed by atoms with Gasteiger partial charge in [0.2, 0.25) is 5.76 Å². The smallest absolute Gasteiger partial charge is 0.373 e. The van der Waals surface area contributed by atoms with E-state index in [4.69, 9.17) is 9.15 Å². The topological polar surface area (TPSA) is 94.8 Å². The molecule has 0 atom stereocenters. The number of rotatable bonds is 6. The van der Waals surface area contributed by atoms with Crippen molar-refractivity contribution in [2.24, 2.45) is 0 Å². The van der Waals surface area contributed by atoms with Crippen LogP contribution in [0.2, 0.25) is 0 Å². The zero-order chi connectivity index (χ0) is 19.2. The van der Waals surface area contributed by atoms with E-state index >= 15 is 0 Å². The number of benzene rings is 1. The fourth-order valence-electron chi connectivity index (χ4n) is 2.21. The Hall–Kier alpha value is -3.39. The van der Waals surface area contributed by atoms with E-state index in [1.165, 1.54) is 36.6 Å². The van der Waals surface area contributed by atoms with E-state index in [1.807, 2.05) is 5.38 Å². The molecule has 0 unspecified atom stereocenters. The first-order valence-corrected chi connectivity index (χ1v) is 8.74. The van der Waals surface area contributed by atoms with Crippen molar-refractivity contribution >= 4 is 34.9 Å². The Kier molecular flexibility index (Phi) is 5.68. The third-order valence-electron chi connectivity index (χ3n) is 3.49. The maximum atomic E-state index is 12.2. The average molecular weight is 385 g/mol. The lowest BCUT2D eigenvalue weighted by molar-refractivity contribution is 0.0438. The highest BCUT2D eigenvalue weighted by Crippen LogP contribution is 2.16. The minimum Gasteiger partial charge on any atom is -0.463 e. The number of ether oxygens (including phenoxy) is 2. The molecular formula is C19H15NO6S. The van der Waals surface area contributed by atoms with Crippen LogP contribution in [0.5, 0.6) is 0 Å². The molecule has 0 aliphatic heterocycles. The van der Waals surface area contributed by atoms with Crippen molar-refractivity contribution in [3.8, 4) is 0 Å². The van der Waals surface area contributed by atoms with Crippen LogP contribution in [0.25, 0.3) is 0 Å². The Labute approximate surface area is 158 Å². The fourth-order valence-corrected chi connectivity index (χ4v) is 2.83. The molecule has 8 heteroatoms. The summed E-state index contributed by atoms with van der Waals surface area (Å²) >= 11 is 1.33. The van der Waals surface area contributed by atoms with Gasteiger partial charge in [-0.15, -0.1) is 11.3 Å². The van der Waals surface area contributed by atoms with Gasteiger partial charge in [0.25, 0.3) is 5.91 Å². The lowest BCUT2D eigenvalue weighted by Gasteiger charge is -2.07. The summed E-state index contributed by atoms with van der Waals surface area (Å²) in [5.74, 6) is -1.10. The van der Waals surface area contributed by atoms with E-state index in [9.17, 15) is 14.4 Å². The third kappa shape index (κ3) is 4.62. The number of nitrogens with one attached hydrogen (secondary N) is 1. The van der Waals surface area contributed by atoms with Crippen LogP contribution in [-0.2, 0) is 16.1 Å². The van der Waals surface area contributed by atoms with Crippen molar-refractivity contribution < 1.29 is 28.3 Å². The van der Waals surface area contributed by atoms with Crippen LogP contribution in [0.15, 0.2) is 58.3 Å². The average Bonchev–Trinajstić information content (AvgIpc) is 3.37. The summed E-state index contributed by atoms with van der Waals surface area (Å²) < 4.78 is 15.0. The number of hydrogen-bond donors (Lipinski definition) is 1. The van der Waals surface area contributed by atoms with Crippen LogP contribution < -0.4 is 5.32 Å². The van der Waals surface area contributed by atoms with Gasteiger partial charge in [0.1, 0.15) is 12.4 Å². The molecule has 2 aromatic heterocycles. The predicted molar refractivity (Wildman–Crippen MR) is 97.9 cm³/mol. The minimum absolute atomic E-state index is 0.0295. The minimum atomic E-state index is -0.609. The van der Waals surface area contributed by atoms with Crippen LogP contribution in [-0.4, -0.2) is 25.0 Å². The maximum absolute atomic E-state index is 12.2. The standard InChI is InChI=1S/C19H15NO6S/c1-24-19(23)15-8-7-14(26-15)11-25-18(22)12-4-2-5-13(10-12)20-17(21)16-6-3-9-27-16/h2-10H,11H2,1H3,(H,20,21). The Morgan fingerprint density at radius 3 is 2.67 bits per heavy atom. The first kappa shape index (κ1) is 18.4. The van der Waals surface area contributed by atoms with Crippen LogP contribution in [0.4, 0.5) is 5.69 Å². The molecule has 0 aliphatic carbocycles. The summed E-state index contributed by atoms with van der Waals surface area (Å²) in [5, 5.41) is 4.54. The summed E-state index contributed by atoms with van der Waals surface area (Å²) in [5.41, 5.74) is 0.757. The number of anilines is 1. The Morgan fingerprint density at radius 1 is 1.07 bits per heavy atom. The molecule has 3 aromatic rings. The molecule has 7 nitrogen and oxygen atoms in total. The first-order chi connectivity index (χ1) is 13.1. The van der Waals surface area contributed by atoms with Crippen LogP contribution in [0.1, 0.15) is 36.3 Å². The van der Waals surface area contributed by atoms with Gasteiger partial charge in [-0.2, -0.15) is 0 Å². The highest BCUT2D eigenvalue weighted by Gasteiger charge is 2.14. The number of furan rings is 1. The monoisotopic (exact) mass is 385 g/mol. The molecule has 0 radical (unpaired) electrons. The molecule has 0 saturated heterocycles. The van der Waals surface area contributed by atoms with E-state index in [2.05, 4.69) is 10.1 Å². The van der Waals surface area contributed by atoms with E-state index in [1.54, 1.807) is 30.3 Å². The lowest BCUT2D eigenvalue weighted by atomic mass is 10.2. The van der Waals surface area contributed by atoms with Crippen LogP contribution in [0, 0.1) is 0 Å². The molecular weight excluding hydrogens is 370 g/mol. The summed E-state index contributed by atoms with van der Waals surface area (Å²) in [6.07, 6.45) is 0. The van der Waals surface area contributed by atoms with E-state index in [-0.39, 0.29) is 23.8 Å². The highest BCUT2D eigenvalue weighted by atomic mass is 32.1. The Morgan fingerprint density at radius 2 is 1.93 bits per heavy atom. The molecule has 1 aromatic carbocycles. The molecule has 0 bridgehead atoms. The molecule has 0 aliphatic rings. The van der Waals surface area contributed by atoms with E-state index in [0.29, 0.717) is 16.3 Å². The molecule has 0 spiro atoms. The second kappa shape index (κ2) is 8.33. The third-order valence-corrected chi connectivity index (χ3v) is 4.36. The summed E-state index contributed by atoms with van der Waals surface area (Å²) in [4.78, 5) is 36.2. The van der Waals surface area contributed by atoms with Crippen LogP contribution in [0.3, 0.4) is 0 Å². The zero-order valence-electron chi connectivity index (χ0n) is 14.3. The van der Waals surface area contributed by atoms with Crippen molar-refractivity contribution in [1.29, 1.82) is 0 Å². The maximum Gasteiger partial charge on any atom is 0.373 e. The van der Waals surface area contributed by atoms with Crippen molar-refractivity contribution in [3.05, 3.63) is 75.9 Å². The molecule has 1 N–H and O–H groups in total. The van der Waals surface area contributed by atoms with Crippen molar-refractivity contribution in [1.82, 2.24) is 0 Å². The summed E-state index contributed by atoms with van der Waals surface area (Å²) in [6, 6.07) is 12.9. The zero-order valence-corrected chi connectivity index (χ0v) is 15.1. The van der Waals surface area contributed by atoms with E-state index < -0.39 is 11.9 Å². The Balaban J connectivity index is 1.61. The van der Waals surface area contributed by atoms with Gasteiger partial charge in [0, 0.05) is 5.69 Å². The molecule has 0 saturated carbocycles. The fraction of sp³-hybridized carbons (Fsp3) is 0.105. The normalized spacial score (nSPS) is 10.3. The van der Waals surface area contributed by atoms with E-state index in [0.717, 1.165) is 0 Å². The lowest BCUT2D eigenvalue weighted by Crippen LogP contribution is -2.11. The molecule has 2 heterocycles. The number of thiophene rings is 1. The number of esters is 2. The summed E-state index contributed by atoms with van der Waals surface area (Å²) in [7, 11) is 1.24. The number of carbonyl (C=O) groups is 3.